The monoisotopic (exact) mass is 140 g/mol. The Morgan fingerprint density at radius 1 is 1.60 bits per heavy atom. The number of hydrogen-bond donors (Lipinski definition) is 2. The van der Waals surface area contributed by atoms with Gasteiger partial charge in [0.2, 0.25) is 0 Å². The Labute approximate surface area is 62.3 Å². The third-order valence-electron chi connectivity index (χ3n) is 2.35. The molecule has 2 heteroatoms. The summed E-state index contributed by atoms with van der Waals surface area (Å²) in [5, 5.41) is 0. The van der Waals surface area contributed by atoms with Gasteiger partial charge < -0.3 is 11.5 Å². The van der Waals surface area contributed by atoms with Gasteiger partial charge in [-0.15, -0.1) is 0 Å². The summed E-state index contributed by atoms with van der Waals surface area (Å²) in [5.41, 5.74) is 12.7. The average Bonchev–Trinajstić information content (AvgIpc) is 1.81. The van der Waals surface area contributed by atoms with Crippen LogP contribution in [0.1, 0.15) is 26.7 Å². The molecule has 0 aliphatic heterocycles. The van der Waals surface area contributed by atoms with Gasteiger partial charge in [-0.1, -0.05) is 13.8 Å². The molecule has 0 saturated carbocycles. The van der Waals surface area contributed by atoms with Crippen LogP contribution in [0, 0.1) is 5.41 Å². The third-order valence-corrected chi connectivity index (χ3v) is 2.35. The molecule has 1 aliphatic carbocycles. The van der Waals surface area contributed by atoms with E-state index in [0.717, 1.165) is 18.5 Å². The van der Waals surface area contributed by atoms with E-state index in [1.54, 1.807) is 0 Å². The van der Waals surface area contributed by atoms with E-state index < -0.39 is 0 Å². The summed E-state index contributed by atoms with van der Waals surface area (Å²) in [4.78, 5) is 0. The van der Waals surface area contributed by atoms with Crippen LogP contribution in [0.25, 0.3) is 0 Å². The number of hydrogen-bond acceptors (Lipinski definition) is 2. The van der Waals surface area contributed by atoms with E-state index in [-0.39, 0.29) is 11.5 Å². The minimum absolute atomic E-state index is 0.140. The fraction of sp³-hybridized carbons (Fsp3) is 0.750. The predicted molar refractivity (Wildman–Crippen MR) is 43.3 cm³/mol. The zero-order valence-electron chi connectivity index (χ0n) is 6.72. The SMILES string of the molecule is CC1(C)CCC(N)=CC1N. The topological polar surface area (TPSA) is 52.0 Å². The highest BCUT2D eigenvalue weighted by molar-refractivity contribution is 5.11. The van der Waals surface area contributed by atoms with Gasteiger partial charge in [-0.05, 0) is 24.3 Å². The molecule has 1 aliphatic rings. The number of rotatable bonds is 0. The Bertz CT molecular complexity index is 159. The molecule has 0 radical (unpaired) electrons. The van der Waals surface area contributed by atoms with Crippen LogP contribution in [0.15, 0.2) is 11.8 Å². The summed E-state index contributed by atoms with van der Waals surface area (Å²) in [7, 11) is 0. The Hall–Kier alpha value is -0.500. The Balaban J connectivity index is 2.74. The van der Waals surface area contributed by atoms with Crippen LogP contribution < -0.4 is 11.5 Å². The molecule has 58 valence electrons. The van der Waals surface area contributed by atoms with Crippen LogP contribution in [0.5, 0.6) is 0 Å². The van der Waals surface area contributed by atoms with Crippen molar-refractivity contribution in [2.24, 2.45) is 16.9 Å². The molecule has 0 bridgehead atoms. The first-order valence-electron chi connectivity index (χ1n) is 3.74. The lowest BCUT2D eigenvalue weighted by molar-refractivity contribution is 0.282. The van der Waals surface area contributed by atoms with Gasteiger partial charge in [0, 0.05) is 11.7 Å². The second-order valence-electron chi connectivity index (χ2n) is 3.76. The van der Waals surface area contributed by atoms with Crippen molar-refractivity contribution >= 4 is 0 Å². The molecule has 0 saturated heterocycles. The molecule has 10 heavy (non-hydrogen) atoms. The first kappa shape index (κ1) is 7.61. The molecule has 0 aromatic carbocycles. The van der Waals surface area contributed by atoms with Gasteiger partial charge in [-0.2, -0.15) is 0 Å². The molecule has 0 spiro atoms. The van der Waals surface area contributed by atoms with Crippen molar-refractivity contribution in [2.75, 3.05) is 0 Å². The predicted octanol–water partition coefficient (Wildman–Crippen LogP) is 0.976. The van der Waals surface area contributed by atoms with Gasteiger partial charge in [-0.3, -0.25) is 0 Å². The Morgan fingerprint density at radius 2 is 2.20 bits per heavy atom. The first-order valence-corrected chi connectivity index (χ1v) is 3.74. The lowest BCUT2D eigenvalue weighted by atomic mass is 9.76. The zero-order valence-corrected chi connectivity index (χ0v) is 6.72. The number of allylic oxidation sites excluding steroid dienone is 1. The molecule has 1 atom stereocenters. The van der Waals surface area contributed by atoms with E-state index in [4.69, 9.17) is 11.5 Å². The molecule has 4 N–H and O–H groups in total. The summed E-state index contributed by atoms with van der Waals surface area (Å²) in [6.07, 6.45) is 4.08. The van der Waals surface area contributed by atoms with E-state index in [9.17, 15) is 0 Å². The molecular formula is C8H16N2. The normalized spacial score (nSPS) is 31.5. The molecule has 0 amide bonds. The van der Waals surface area contributed by atoms with E-state index in [1.165, 1.54) is 0 Å². The van der Waals surface area contributed by atoms with Crippen LogP contribution in [0.3, 0.4) is 0 Å². The van der Waals surface area contributed by atoms with Crippen molar-refractivity contribution in [2.45, 2.75) is 32.7 Å². The van der Waals surface area contributed by atoms with Crippen molar-refractivity contribution in [3.63, 3.8) is 0 Å². The Kier molecular flexibility index (Phi) is 1.73. The first-order chi connectivity index (χ1) is 4.52. The average molecular weight is 140 g/mol. The van der Waals surface area contributed by atoms with E-state index in [1.807, 2.05) is 6.08 Å². The van der Waals surface area contributed by atoms with Crippen molar-refractivity contribution in [3.05, 3.63) is 11.8 Å². The molecule has 1 rings (SSSR count). The summed E-state index contributed by atoms with van der Waals surface area (Å²) in [5.74, 6) is 0. The smallest absolute Gasteiger partial charge is 0.0295 e. The maximum absolute atomic E-state index is 5.85. The lowest BCUT2D eigenvalue weighted by Crippen LogP contribution is -2.39. The second kappa shape index (κ2) is 2.27. The van der Waals surface area contributed by atoms with Crippen LogP contribution in [0.4, 0.5) is 0 Å². The van der Waals surface area contributed by atoms with Gasteiger partial charge in [0.1, 0.15) is 0 Å². The quantitative estimate of drug-likeness (QED) is 0.527. The van der Waals surface area contributed by atoms with Crippen molar-refractivity contribution in [1.29, 1.82) is 0 Å². The maximum atomic E-state index is 5.85. The Morgan fingerprint density at radius 3 is 2.60 bits per heavy atom. The van der Waals surface area contributed by atoms with E-state index >= 15 is 0 Å². The van der Waals surface area contributed by atoms with Crippen molar-refractivity contribution in [3.8, 4) is 0 Å². The van der Waals surface area contributed by atoms with Gasteiger partial charge in [0.25, 0.3) is 0 Å². The molecular weight excluding hydrogens is 124 g/mol. The van der Waals surface area contributed by atoms with Gasteiger partial charge in [0.15, 0.2) is 0 Å². The minimum Gasteiger partial charge on any atom is -0.402 e. The highest BCUT2D eigenvalue weighted by atomic mass is 14.7. The minimum atomic E-state index is 0.140. The molecule has 2 nitrogen and oxygen atoms in total. The van der Waals surface area contributed by atoms with Gasteiger partial charge in [0.05, 0.1) is 0 Å². The molecule has 1 unspecified atom stereocenters. The van der Waals surface area contributed by atoms with Crippen LogP contribution in [0.2, 0.25) is 0 Å². The molecule has 0 heterocycles. The third kappa shape index (κ3) is 1.32. The summed E-state index contributed by atoms with van der Waals surface area (Å²) >= 11 is 0. The van der Waals surface area contributed by atoms with Crippen molar-refractivity contribution in [1.82, 2.24) is 0 Å². The molecule has 0 aromatic heterocycles. The lowest BCUT2D eigenvalue weighted by Gasteiger charge is -2.33. The number of nitrogens with two attached hydrogens (primary N) is 2. The van der Waals surface area contributed by atoms with E-state index in [0.29, 0.717) is 0 Å². The van der Waals surface area contributed by atoms with Crippen LogP contribution in [-0.4, -0.2) is 6.04 Å². The van der Waals surface area contributed by atoms with Crippen LogP contribution >= 0.6 is 0 Å². The summed E-state index contributed by atoms with van der Waals surface area (Å²) < 4.78 is 0. The van der Waals surface area contributed by atoms with Gasteiger partial charge >= 0.3 is 0 Å². The molecule has 0 aromatic rings. The fourth-order valence-electron chi connectivity index (χ4n) is 1.17. The van der Waals surface area contributed by atoms with Gasteiger partial charge in [-0.25, -0.2) is 0 Å². The fourth-order valence-corrected chi connectivity index (χ4v) is 1.17. The summed E-state index contributed by atoms with van der Waals surface area (Å²) in [6.45, 7) is 4.36. The highest BCUT2D eigenvalue weighted by Crippen LogP contribution is 2.31. The summed E-state index contributed by atoms with van der Waals surface area (Å²) in [6, 6.07) is 0.140. The second-order valence-corrected chi connectivity index (χ2v) is 3.76. The maximum Gasteiger partial charge on any atom is 0.0295 e. The van der Waals surface area contributed by atoms with Crippen LogP contribution in [-0.2, 0) is 0 Å². The highest BCUT2D eigenvalue weighted by Gasteiger charge is 2.27. The zero-order chi connectivity index (χ0) is 7.78. The largest absolute Gasteiger partial charge is 0.402 e. The van der Waals surface area contributed by atoms with E-state index in [2.05, 4.69) is 13.8 Å². The standard InChI is InChI=1S/C8H16N2/c1-8(2)4-3-6(9)5-7(8)10/h5,7H,3-4,9-10H2,1-2H3. The molecule has 0 fully saturated rings. The van der Waals surface area contributed by atoms with Crippen molar-refractivity contribution < 1.29 is 0 Å².